The molecule has 6 heteroatoms. The van der Waals surface area contributed by atoms with E-state index in [9.17, 15) is 8.42 Å². The molecule has 0 atom stereocenters. The van der Waals surface area contributed by atoms with Crippen LogP contribution in [0.2, 0.25) is 0 Å². The van der Waals surface area contributed by atoms with Gasteiger partial charge >= 0.3 is 0 Å². The second kappa shape index (κ2) is 4.13. The summed E-state index contributed by atoms with van der Waals surface area (Å²) in [6, 6.07) is 7.77. The van der Waals surface area contributed by atoms with Gasteiger partial charge < -0.3 is 4.98 Å². The zero-order valence-electron chi connectivity index (χ0n) is 9.80. The Morgan fingerprint density at radius 2 is 2.06 bits per heavy atom. The van der Waals surface area contributed by atoms with Crippen LogP contribution in [0.4, 0.5) is 0 Å². The minimum Gasteiger partial charge on any atom is -0.333 e. The molecule has 1 aliphatic heterocycles. The van der Waals surface area contributed by atoms with E-state index in [0.29, 0.717) is 0 Å². The number of nitrogens with zero attached hydrogens (tertiary/aromatic N) is 1. The van der Waals surface area contributed by atoms with Gasteiger partial charge in [0.25, 0.3) is 0 Å². The highest BCUT2D eigenvalue weighted by Gasteiger charge is 2.26. The van der Waals surface area contributed by atoms with Crippen LogP contribution in [0.5, 0.6) is 0 Å². The molecule has 0 saturated carbocycles. The Bertz CT molecular complexity index is 711. The Balaban J connectivity index is 1.91. The molecular formula is C12H12N2O2S2. The Hall–Kier alpha value is -1.27. The van der Waals surface area contributed by atoms with Gasteiger partial charge in [-0.05, 0) is 24.6 Å². The summed E-state index contributed by atoms with van der Waals surface area (Å²) in [5, 5.41) is 0.752. The number of imidazole rings is 1. The number of hydrogen-bond acceptors (Lipinski definition) is 4. The first-order valence-corrected chi connectivity index (χ1v) is 8.19. The van der Waals surface area contributed by atoms with Gasteiger partial charge in [-0.15, -0.1) is 0 Å². The quantitative estimate of drug-likeness (QED) is 0.917. The van der Waals surface area contributed by atoms with E-state index in [0.717, 1.165) is 26.7 Å². The third-order valence-corrected chi connectivity index (χ3v) is 5.76. The predicted octanol–water partition coefficient (Wildman–Crippen LogP) is 2.36. The van der Waals surface area contributed by atoms with Crippen molar-refractivity contribution in [1.82, 2.24) is 9.97 Å². The van der Waals surface area contributed by atoms with Crippen LogP contribution in [-0.2, 0) is 9.84 Å². The third-order valence-electron chi connectivity index (χ3n) is 2.85. The average molecular weight is 280 g/mol. The van der Waals surface area contributed by atoms with Gasteiger partial charge in [0.05, 0.1) is 22.5 Å². The van der Waals surface area contributed by atoms with Gasteiger partial charge in [0.1, 0.15) is 0 Å². The fourth-order valence-corrected chi connectivity index (χ4v) is 5.23. The maximum Gasteiger partial charge on any atom is 0.170 e. The maximum atomic E-state index is 11.5. The fraction of sp³-hybridized carbons (Fsp3) is 0.250. The minimum atomic E-state index is -2.93. The van der Waals surface area contributed by atoms with Gasteiger partial charge in [0.2, 0.25) is 0 Å². The van der Waals surface area contributed by atoms with E-state index in [2.05, 4.69) is 9.97 Å². The predicted molar refractivity (Wildman–Crippen MR) is 73.3 cm³/mol. The highest BCUT2D eigenvalue weighted by atomic mass is 32.2. The van der Waals surface area contributed by atoms with Crippen molar-refractivity contribution in [2.24, 2.45) is 0 Å². The summed E-state index contributed by atoms with van der Waals surface area (Å²) in [7, 11) is -2.93. The Kier molecular flexibility index (Phi) is 2.71. The molecule has 0 saturated heterocycles. The van der Waals surface area contributed by atoms with Crippen molar-refractivity contribution in [3.8, 4) is 0 Å². The van der Waals surface area contributed by atoms with Crippen molar-refractivity contribution in [1.29, 1.82) is 0 Å². The fourth-order valence-electron chi connectivity index (χ4n) is 2.00. The van der Waals surface area contributed by atoms with E-state index in [1.54, 1.807) is 0 Å². The molecule has 0 unspecified atom stereocenters. The van der Waals surface area contributed by atoms with Crippen molar-refractivity contribution >= 4 is 32.6 Å². The van der Waals surface area contributed by atoms with Crippen molar-refractivity contribution < 1.29 is 8.42 Å². The molecule has 2 aromatic rings. The van der Waals surface area contributed by atoms with Crippen LogP contribution >= 0.6 is 11.8 Å². The number of nitrogens with one attached hydrogen (secondary N) is 1. The number of aromatic amines is 1. The van der Waals surface area contributed by atoms with Crippen LogP contribution in [0.1, 0.15) is 6.92 Å². The zero-order valence-corrected chi connectivity index (χ0v) is 11.4. The van der Waals surface area contributed by atoms with Crippen molar-refractivity contribution in [3.05, 3.63) is 34.7 Å². The van der Waals surface area contributed by atoms with Gasteiger partial charge in [0.15, 0.2) is 15.0 Å². The number of sulfone groups is 1. The summed E-state index contributed by atoms with van der Waals surface area (Å²) in [6.07, 6.45) is 0. The highest BCUT2D eigenvalue weighted by Crippen LogP contribution is 2.33. The van der Waals surface area contributed by atoms with Crippen LogP contribution in [0.15, 0.2) is 39.9 Å². The molecule has 94 valence electrons. The Morgan fingerprint density at radius 3 is 2.72 bits per heavy atom. The molecule has 1 N–H and O–H groups in total. The van der Waals surface area contributed by atoms with E-state index < -0.39 is 9.84 Å². The van der Waals surface area contributed by atoms with Crippen LogP contribution in [0, 0.1) is 0 Å². The second-order valence-electron chi connectivity index (χ2n) is 4.40. The van der Waals surface area contributed by atoms with Crippen LogP contribution in [0.3, 0.4) is 0 Å². The zero-order chi connectivity index (χ0) is 12.8. The van der Waals surface area contributed by atoms with Crippen molar-refractivity contribution in [2.45, 2.75) is 12.1 Å². The van der Waals surface area contributed by atoms with Crippen molar-refractivity contribution in [2.75, 3.05) is 11.5 Å². The molecule has 0 spiro atoms. The molecule has 3 rings (SSSR count). The summed E-state index contributed by atoms with van der Waals surface area (Å²) in [5.74, 6) is 0.316. The molecule has 2 heterocycles. The van der Waals surface area contributed by atoms with E-state index in [-0.39, 0.29) is 11.5 Å². The number of hydrogen-bond donors (Lipinski definition) is 1. The Labute approximate surface area is 109 Å². The van der Waals surface area contributed by atoms with Crippen LogP contribution in [0.25, 0.3) is 11.0 Å². The topological polar surface area (TPSA) is 62.8 Å². The summed E-state index contributed by atoms with van der Waals surface area (Å²) < 4.78 is 23.1. The first-order valence-electron chi connectivity index (χ1n) is 5.55. The Morgan fingerprint density at radius 1 is 1.28 bits per heavy atom. The van der Waals surface area contributed by atoms with E-state index >= 15 is 0 Å². The first kappa shape index (κ1) is 11.8. The molecule has 0 fully saturated rings. The number of H-pyrrole nitrogens is 1. The first-order chi connectivity index (χ1) is 8.53. The largest absolute Gasteiger partial charge is 0.333 e. The van der Waals surface area contributed by atoms with Crippen LogP contribution in [-0.4, -0.2) is 29.9 Å². The summed E-state index contributed by atoms with van der Waals surface area (Å²) >= 11 is 1.42. The molecule has 0 radical (unpaired) electrons. The second-order valence-corrected chi connectivity index (χ2v) is 7.55. The number of fused-ring (bicyclic) bond motifs is 1. The minimum absolute atomic E-state index is 0.139. The highest BCUT2D eigenvalue weighted by molar-refractivity contribution is 8.04. The summed E-state index contributed by atoms with van der Waals surface area (Å²) in [5.41, 5.74) is 2.80. The third kappa shape index (κ3) is 2.18. The molecule has 1 aromatic heterocycles. The molecule has 0 bridgehead atoms. The lowest BCUT2D eigenvalue weighted by Crippen LogP contribution is -2.02. The number of thioether (sulfide) groups is 1. The summed E-state index contributed by atoms with van der Waals surface area (Å²) in [6.45, 7) is 1.87. The number of benzene rings is 1. The SMILES string of the molecule is CC1=C(Sc2nc3ccccc3[nH]2)CS(=O)(=O)C1. The lowest BCUT2D eigenvalue weighted by atomic mass is 10.3. The van der Waals surface area contributed by atoms with Gasteiger partial charge in [-0.2, -0.15) is 0 Å². The molecular weight excluding hydrogens is 268 g/mol. The standard InChI is InChI=1S/C12H12N2O2S2/c1-8-6-18(15,16)7-11(8)17-12-13-9-4-2-3-5-10(9)14-12/h2-5H,6-7H2,1H3,(H,13,14). The van der Waals surface area contributed by atoms with Gasteiger partial charge in [0, 0.05) is 4.91 Å². The number of aromatic nitrogens is 2. The number of para-hydroxylation sites is 2. The summed E-state index contributed by atoms with van der Waals surface area (Å²) in [4.78, 5) is 8.53. The van der Waals surface area contributed by atoms with Crippen molar-refractivity contribution in [3.63, 3.8) is 0 Å². The maximum absolute atomic E-state index is 11.5. The molecule has 1 aromatic carbocycles. The smallest absolute Gasteiger partial charge is 0.170 e. The normalized spacial score (nSPS) is 18.7. The molecule has 4 nitrogen and oxygen atoms in total. The molecule has 0 amide bonds. The number of rotatable bonds is 2. The molecule has 18 heavy (non-hydrogen) atoms. The lowest BCUT2D eigenvalue weighted by Gasteiger charge is -1.97. The molecule has 1 aliphatic rings. The molecule has 0 aliphatic carbocycles. The van der Waals surface area contributed by atoms with Gasteiger partial charge in [-0.1, -0.05) is 23.9 Å². The van der Waals surface area contributed by atoms with E-state index in [1.807, 2.05) is 31.2 Å². The van der Waals surface area contributed by atoms with E-state index in [4.69, 9.17) is 0 Å². The average Bonchev–Trinajstić information content (AvgIpc) is 2.79. The monoisotopic (exact) mass is 280 g/mol. The van der Waals surface area contributed by atoms with E-state index in [1.165, 1.54) is 11.8 Å². The van der Waals surface area contributed by atoms with Gasteiger partial charge in [-0.3, -0.25) is 0 Å². The lowest BCUT2D eigenvalue weighted by molar-refractivity contribution is 0.603. The van der Waals surface area contributed by atoms with Gasteiger partial charge in [-0.25, -0.2) is 13.4 Å². The van der Waals surface area contributed by atoms with Crippen LogP contribution < -0.4 is 0 Å².